The van der Waals surface area contributed by atoms with Gasteiger partial charge in [0.2, 0.25) is 5.91 Å². The summed E-state index contributed by atoms with van der Waals surface area (Å²) in [4.78, 5) is 36.6. The Morgan fingerprint density at radius 3 is 2.83 bits per heavy atom. The van der Waals surface area contributed by atoms with Gasteiger partial charge in [0, 0.05) is 49.9 Å². The molecule has 11 nitrogen and oxygen atoms in total. The summed E-state index contributed by atoms with van der Waals surface area (Å²) >= 11 is 0. The highest BCUT2D eigenvalue weighted by atomic mass is 19.1. The fourth-order valence-corrected chi connectivity index (χ4v) is 4.68. The largest absolute Gasteiger partial charge is 0.352 e. The molecule has 1 aliphatic rings. The zero-order valence-corrected chi connectivity index (χ0v) is 22.9. The number of fused-ring (bicyclic) bond motifs is 1. The lowest BCUT2D eigenvalue weighted by atomic mass is 9.96. The first-order valence-electron chi connectivity index (χ1n) is 12.9. The molecular formula is C28H31FN8O3. The second kappa shape index (κ2) is 10.5. The van der Waals surface area contributed by atoms with Crippen LogP contribution in [-0.4, -0.2) is 68.2 Å². The highest BCUT2D eigenvalue weighted by molar-refractivity contribution is 6.01. The van der Waals surface area contributed by atoms with Gasteiger partial charge in [-0.05, 0) is 35.8 Å². The molecular weight excluding hydrogens is 515 g/mol. The lowest BCUT2D eigenvalue weighted by Gasteiger charge is -2.18. The summed E-state index contributed by atoms with van der Waals surface area (Å²) < 4.78 is 20.5. The van der Waals surface area contributed by atoms with Crippen molar-refractivity contribution >= 4 is 28.7 Å². The molecule has 3 aromatic heterocycles. The van der Waals surface area contributed by atoms with Gasteiger partial charge in [0.05, 0.1) is 5.39 Å². The predicted octanol–water partition coefficient (Wildman–Crippen LogP) is 3.60. The van der Waals surface area contributed by atoms with Crippen molar-refractivity contribution in [1.29, 1.82) is 0 Å². The molecule has 208 valence electrons. The van der Waals surface area contributed by atoms with Gasteiger partial charge in [0.1, 0.15) is 5.82 Å². The first-order chi connectivity index (χ1) is 19.0. The molecule has 1 fully saturated rings. The van der Waals surface area contributed by atoms with Crippen LogP contribution in [0.1, 0.15) is 49.3 Å². The minimum atomic E-state index is -0.487. The Hall–Kier alpha value is -4.61. The van der Waals surface area contributed by atoms with Gasteiger partial charge in [0.25, 0.3) is 0 Å². The van der Waals surface area contributed by atoms with E-state index in [2.05, 4.69) is 42.1 Å². The van der Waals surface area contributed by atoms with E-state index in [0.717, 1.165) is 17.4 Å². The fraction of sp³-hybridized carbons (Fsp3) is 0.357. The zero-order valence-electron chi connectivity index (χ0n) is 22.9. The number of amides is 2. The van der Waals surface area contributed by atoms with E-state index >= 15 is 4.39 Å². The number of rotatable bonds is 7. The minimum Gasteiger partial charge on any atom is -0.352 e. The molecule has 4 heterocycles. The van der Waals surface area contributed by atoms with Crippen molar-refractivity contribution in [3.05, 3.63) is 66.2 Å². The number of benzene rings is 1. The summed E-state index contributed by atoms with van der Waals surface area (Å²) in [5, 5.41) is 15.0. The van der Waals surface area contributed by atoms with E-state index in [4.69, 9.17) is 4.52 Å². The fourth-order valence-electron chi connectivity index (χ4n) is 4.68. The van der Waals surface area contributed by atoms with E-state index in [1.807, 2.05) is 32.9 Å². The number of halogens is 1. The maximum absolute atomic E-state index is 15.4. The number of anilines is 1. The van der Waals surface area contributed by atoms with Crippen molar-refractivity contribution in [1.82, 2.24) is 35.5 Å². The number of hydrogen-bond acceptors (Lipinski definition) is 8. The van der Waals surface area contributed by atoms with E-state index < -0.39 is 11.7 Å². The highest BCUT2D eigenvalue weighted by Crippen LogP contribution is 2.35. The summed E-state index contributed by atoms with van der Waals surface area (Å²) in [6, 6.07) is 6.71. The van der Waals surface area contributed by atoms with Gasteiger partial charge in [0.15, 0.2) is 17.3 Å². The molecule has 0 saturated carbocycles. The molecule has 0 spiro atoms. The van der Waals surface area contributed by atoms with Crippen LogP contribution in [0.25, 0.3) is 22.2 Å². The molecule has 40 heavy (non-hydrogen) atoms. The van der Waals surface area contributed by atoms with Crippen molar-refractivity contribution < 1.29 is 18.5 Å². The number of nitrogens with zero attached hydrogens (tertiary/aromatic N) is 6. The van der Waals surface area contributed by atoms with Gasteiger partial charge < -0.3 is 19.6 Å². The Morgan fingerprint density at radius 2 is 2.12 bits per heavy atom. The van der Waals surface area contributed by atoms with E-state index in [9.17, 15) is 9.59 Å². The number of nitrogens with one attached hydrogen (secondary N) is 2. The number of aromatic amines is 1. The Balaban J connectivity index is 1.37. The third-order valence-electron chi connectivity index (χ3n) is 6.86. The van der Waals surface area contributed by atoms with E-state index in [0.29, 0.717) is 41.5 Å². The Morgan fingerprint density at radius 1 is 1.32 bits per heavy atom. The molecule has 12 heteroatoms. The van der Waals surface area contributed by atoms with E-state index in [1.54, 1.807) is 19.3 Å². The van der Waals surface area contributed by atoms with Gasteiger partial charge >= 0.3 is 11.8 Å². The van der Waals surface area contributed by atoms with Crippen molar-refractivity contribution in [2.24, 2.45) is 0 Å². The normalized spacial score (nSPS) is 15.4. The minimum absolute atomic E-state index is 0.0203. The first kappa shape index (κ1) is 27.0. The Bertz CT molecular complexity index is 1590. The number of carbonyl (C=O) groups is 2. The molecule has 0 aliphatic carbocycles. The molecule has 0 unspecified atom stereocenters. The van der Waals surface area contributed by atoms with Crippen LogP contribution in [0.15, 0.2) is 47.6 Å². The number of H-pyrrole nitrogens is 1. The number of aromatic nitrogens is 5. The van der Waals surface area contributed by atoms with Gasteiger partial charge in [-0.25, -0.2) is 9.37 Å². The zero-order chi connectivity index (χ0) is 28.6. The van der Waals surface area contributed by atoms with Crippen LogP contribution in [0.2, 0.25) is 0 Å². The average Bonchev–Trinajstić information content (AvgIpc) is 3.68. The molecule has 1 aliphatic heterocycles. The van der Waals surface area contributed by atoms with Gasteiger partial charge in [-0.1, -0.05) is 44.6 Å². The summed E-state index contributed by atoms with van der Waals surface area (Å²) in [7, 11) is 1.56. The monoisotopic (exact) mass is 546 g/mol. The lowest BCUT2D eigenvalue weighted by molar-refractivity contribution is -0.117. The molecule has 0 radical (unpaired) electrons. The predicted molar refractivity (Wildman–Crippen MR) is 147 cm³/mol. The summed E-state index contributed by atoms with van der Waals surface area (Å²) in [5.74, 6) is -0.175. The van der Waals surface area contributed by atoms with Crippen LogP contribution in [0.5, 0.6) is 0 Å². The molecule has 1 aromatic carbocycles. The summed E-state index contributed by atoms with van der Waals surface area (Å²) in [5.41, 5.74) is 1.96. The Kier molecular flexibility index (Phi) is 7.09. The van der Waals surface area contributed by atoms with Crippen LogP contribution in [0.3, 0.4) is 0 Å². The maximum atomic E-state index is 15.4. The van der Waals surface area contributed by atoms with Crippen molar-refractivity contribution in [2.75, 3.05) is 25.0 Å². The summed E-state index contributed by atoms with van der Waals surface area (Å²) in [6.45, 7) is 10.6. The molecule has 5 rings (SSSR count). The number of pyridine rings is 1. The summed E-state index contributed by atoms with van der Waals surface area (Å²) in [6.07, 6.45) is 3.67. The molecule has 2 N–H and O–H groups in total. The van der Waals surface area contributed by atoms with E-state index in [1.165, 1.54) is 17.0 Å². The maximum Gasteiger partial charge on any atom is 0.316 e. The van der Waals surface area contributed by atoms with Crippen LogP contribution in [0, 0.1) is 5.82 Å². The van der Waals surface area contributed by atoms with Crippen LogP contribution in [-0.2, 0) is 16.8 Å². The number of carbonyl (C=O) groups excluding carboxylic acids is 2. The van der Waals surface area contributed by atoms with Crippen molar-refractivity contribution in [3.8, 4) is 11.1 Å². The molecule has 4 aromatic rings. The molecule has 1 atom stereocenters. The smallest absolute Gasteiger partial charge is 0.316 e. The van der Waals surface area contributed by atoms with Crippen LogP contribution in [0.4, 0.5) is 10.2 Å². The molecule has 0 bridgehead atoms. The SMILES string of the molecule is C=CC(=O)N[C@@H]1CCN(c2n[nH]c3nccc(-c4ccc(CN(C)C(=O)c5nc(C(C)(C)C)no5)c(F)c4)c23)C1. The lowest BCUT2D eigenvalue weighted by Crippen LogP contribution is -2.36. The highest BCUT2D eigenvalue weighted by Gasteiger charge is 2.28. The second-order valence-electron chi connectivity index (χ2n) is 10.9. The second-order valence-corrected chi connectivity index (χ2v) is 10.9. The van der Waals surface area contributed by atoms with Crippen molar-refractivity contribution in [3.63, 3.8) is 0 Å². The standard InChI is InChI=1S/C28H31FN8O3/c1-6-21(38)31-18-10-12-37(15-18)24-22-19(9-11-30-23(22)33-34-24)16-7-8-17(20(29)13-16)14-36(5)26(39)25-32-27(35-40-25)28(2,3)4/h6-9,11,13,18H,1,10,12,14-15H2,2-5H3,(H,31,38)(H,30,33,34)/t18-/m1/s1. The van der Waals surface area contributed by atoms with Gasteiger partial charge in [-0.2, -0.15) is 10.1 Å². The topological polar surface area (TPSA) is 133 Å². The molecule has 1 saturated heterocycles. The van der Waals surface area contributed by atoms with Crippen LogP contribution < -0.4 is 10.2 Å². The van der Waals surface area contributed by atoms with Gasteiger partial charge in [-0.3, -0.25) is 14.7 Å². The van der Waals surface area contributed by atoms with E-state index in [-0.39, 0.29) is 29.8 Å². The van der Waals surface area contributed by atoms with Gasteiger partial charge in [-0.15, -0.1) is 0 Å². The molecule has 2 amide bonds. The number of hydrogen-bond donors (Lipinski definition) is 2. The quantitative estimate of drug-likeness (QED) is 0.336. The Labute approximate surface area is 230 Å². The third kappa shape index (κ3) is 5.29. The first-order valence-corrected chi connectivity index (χ1v) is 12.9. The third-order valence-corrected chi connectivity index (χ3v) is 6.86. The van der Waals surface area contributed by atoms with Crippen LogP contribution >= 0.6 is 0 Å². The van der Waals surface area contributed by atoms with Crippen molar-refractivity contribution in [2.45, 2.75) is 45.2 Å². The average molecular weight is 547 g/mol.